The number of ether oxygens (including phenoxy) is 2. The SMILES string of the molecule is COCCCOCCC(C)C(C)=O. The summed E-state index contributed by atoms with van der Waals surface area (Å²) in [5.74, 6) is 0.364. The molecule has 0 bridgehead atoms. The normalized spacial score (nSPS) is 12.8. The molecule has 3 heteroatoms. The van der Waals surface area contributed by atoms with Gasteiger partial charge >= 0.3 is 0 Å². The van der Waals surface area contributed by atoms with Gasteiger partial charge in [-0.25, -0.2) is 0 Å². The first-order valence-corrected chi connectivity index (χ1v) is 4.75. The van der Waals surface area contributed by atoms with Crippen molar-refractivity contribution in [1.82, 2.24) is 0 Å². The number of rotatable bonds is 8. The van der Waals surface area contributed by atoms with Crippen molar-refractivity contribution in [3.63, 3.8) is 0 Å². The van der Waals surface area contributed by atoms with Crippen LogP contribution in [0.3, 0.4) is 0 Å². The van der Waals surface area contributed by atoms with E-state index in [1.54, 1.807) is 14.0 Å². The molecule has 0 spiro atoms. The molecule has 0 amide bonds. The van der Waals surface area contributed by atoms with Crippen molar-refractivity contribution < 1.29 is 14.3 Å². The third kappa shape index (κ3) is 7.94. The van der Waals surface area contributed by atoms with E-state index in [-0.39, 0.29) is 11.7 Å². The molecule has 0 saturated heterocycles. The molecular weight excluding hydrogens is 168 g/mol. The molecule has 0 aromatic heterocycles. The Labute approximate surface area is 80.4 Å². The maximum absolute atomic E-state index is 10.8. The van der Waals surface area contributed by atoms with E-state index in [1.165, 1.54) is 0 Å². The number of Topliss-reactive ketones (excluding diaryl/α,β-unsaturated/α-hetero) is 1. The van der Waals surface area contributed by atoms with Gasteiger partial charge in [-0.1, -0.05) is 6.92 Å². The number of ketones is 1. The predicted octanol–water partition coefficient (Wildman–Crippen LogP) is 1.65. The quantitative estimate of drug-likeness (QED) is 0.543. The smallest absolute Gasteiger partial charge is 0.132 e. The number of hydrogen-bond acceptors (Lipinski definition) is 3. The summed E-state index contributed by atoms with van der Waals surface area (Å²) in [4.78, 5) is 10.8. The Morgan fingerprint density at radius 3 is 2.54 bits per heavy atom. The summed E-state index contributed by atoms with van der Waals surface area (Å²) in [6.45, 7) is 5.68. The maximum Gasteiger partial charge on any atom is 0.132 e. The highest BCUT2D eigenvalue weighted by Gasteiger charge is 2.06. The molecule has 13 heavy (non-hydrogen) atoms. The lowest BCUT2D eigenvalue weighted by Gasteiger charge is -2.07. The van der Waals surface area contributed by atoms with Crippen LogP contribution >= 0.6 is 0 Å². The van der Waals surface area contributed by atoms with Gasteiger partial charge in [0.15, 0.2) is 0 Å². The second kappa shape index (κ2) is 8.20. The van der Waals surface area contributed by atoms with Crippen LogP contribution < -0.4 is 0 Å². The summed E-state index contributed by atoms with van der Waals surface area (Å²) in [7, 11) is 1.68. The van der Waals surface area contributed by atoms with Gasteiger partial charge in [0.2, 0.25) is 0 Å². The minimum absolute atomic E-state index is 0.127. The van der Waals surface area contributed by atoms with E-state index in [0.717, 1.165) is 26.1 Å². The average molecular weight is 188 g/mol. The molecule has 0 aliphatic rings. The molecule has 3 nitrogen and oxygen atoms in total. The molecular formula is C10H20O3. The lowest BCUT2D eigenvalue weighted by molar-refractivity contribution is -0.120. The van der Waals surface area contributed by atoms with Crippen LogP contribution in [0.5, 0.6) is 0 Å². The molecule has 1 atom stereocenters. The third-order valence-electron chi connectivity index (χ3n) is 2.03. The van der Waals surface area contributed by atoms with Gasteiger partial charge in [-0.3, -0.25) is 4.79 Å². The monoisotopic (exact) mass is 188 g/mol. The summed E-state index contributed by atoms with van der Waals surface area (Å²) in [6.07, 6.45) is 1.74. The van der Waals surface area contributed by atoms with E-state index in [4.69, 9.17) is 9.47 Å². The van der Waals surface area contributed by atoms with E-state index in [2.05, 4.69) is 0 Å². The maximum atomic E-state index is 10.8. The summed E-state index contributed by atoms with van der Waals surface area (Å²) >= 11 is 0. The largest absolute Gasteiger partial charge is 0.385 e. The molecule has 0 aromatic carbocycles. The van der Waals surface area contributed by atoms with Crippen molar-refractivity contribution in [3.8, 4) is 0 Å². The van der Waals surface area contributed by atoms with Crippen molar-refractivity contribution in [2.24, 2.45) is 5.92 Å². The minimum atomic E-state index is 0.127. The second-order valence-electron chi connectivity index (χ2n) is 3.26. The zero-order chi connectivity index (χ0) is 10.1. The van der Waals surface area contributed by atoms with Crippen molar-refractivity contribution in [2.75, 3.05) is 26.9 Å². The second-order valence-corrected chi connectivity index (χ2v) is 3.26. The van der Waals surface area contributed by atoms with Crippen molar-refractivity contribution in [1.29, 1.82) is 0 Å². The van der Waals surface area contributed by atoms with Gasteiger partial charge in [0, 0.05) is 32.8 Å². The summed E-state index contributed by atoms with van der Waals surface area (Å²) in [5.41, 5.74) is 0. The molecule has 0 fully saturated rings. The van der Waals surface area contributed by atoms with Crippen LogP contribution in [0.1, 0.15) is 26.7 Å². The van der Waals surface area contributed by atoms with Crippen molar-refractivity contribution in [2.45, 2.75) is 26.7 Å². The Bertz CT molecular complexity index is 134. The Morgan fingerprint density at radius 2 is 2.00 bits per heavy atom. The van der Waals surface area contributed by atoms with E-state index in [1.807, 2.05) is 6.92 Å². The molecule has 78 valence electrons. The Kier molecular flexibility index (Phi) is 7.94. The van der Waals surface area contributed by atoms with Gasteiger partial charge in [0.25, 0.3) is 0 Å². The van der Waals surface area contributed by atoms with Crippen LogP contribution in [-0.4, -0.2) is 32.7 Å². The van der Waals surface area contributed by atoms with Gasteiger partial charge < -0.3 is 9.47 Å². The van der Waals surface area contributed by atoms with Gasteiger partial charge in [-0.05, 0) is 19.8 Å². The zero-order valence-electron chi connectivity index (χ0n) is 8.84. The predicted molar refractivity (Wildman–Crippen MR) is 51.8 cm³/mol. The Hall–Kier alpha value is -0.410. The molecule has 0 aliphatic carbocycles. The molecule has 0 radical (unpaired) electrons. The lowest BCUT2D eigenvalue weighted by atomic mass is 10.1. The highest BCUT2D eigenvalue weighted by molar-refractivity contribution is 5.77. The standard InChI is InChI=1S/C10H20O3/c1-9(10(2)11)5-8-13-7-4-6-12-3/h9H,4-8H2,1-3H3. The molecule has 0 rings (SSSR count). The van der Waals surface area contributed by atoms with Crippen LogP contribution in [0.4, 0.5) is 0 Å². The summed E-state index contributed by atoms with van der Waals surface area (Å²) in [6, 6.07) is 0. The lowest BCUT2D eigenvalue weighted by Crippen LogP contribution is -2.10. The first-order chi connectivity index (χ1) is 6.18. The number of carbonyl (C=O) groups is 1. The Balaban J connectivity index is 3.11. The first kappa shape index (κ1) is 12.6. The van der Waals surface area contributed by atoms with Gasteiger partial charge in [-0.15, -0.1) is 0 Å². The summed E-state index contributed by atoms with van der Waals surface area (Å²) < 4.78 is 10.2. The fourth-order valence-electron chi connectivity index (χ4n) is 0.871. The highest BCUT2D eigenvalue weighted by atomic mass is 16.5. The molecule has 0 aliphatic heterocycles. The minimum Gasteiger partial charge on any atom is -0.385 e. The molecule has 1 unspecified atom stereocenters. The first-order valence-electron chi connectivity index (χ1n) is 4.75. The topological polar surface area (TPSA) is 35.5 Å². The van der Waals surface area contributed by atoms with E-state index < -0.39 is 0 Å². The fraction of sp³-hybridized carbons (Fsp3) is 0.900. The van der Waals surface area contributed by atoms with E-state index >= 15 is 0 Å². The zero-order valence-corrected chi connectivity index (χ0v) is 8.84. The van der Waals surface area contributed by atoms with Crippen LogP contribution in [0.25, 0.3) is 0 Å². The molecule has 0 saturated carbocycles. The van der Waals surface area contributed by atoms with E-state index in [0.29, 0.717) is 6.61 Å². The highest BCUT2D eigenvalue weighted by Crippen LogP contribution is 2.02. The molecule has 0 aromatic rings. The van der Waals surface area contributed by atoms with Gasteiger partial charge in [0.05, 0.1) is 0 Å². The van der Waals surface area contributed by atoms with Crippen LogP contribution in [-0.2, 0) is 14.3 Å². The fourth-order valence-corrected chi connectivity index (χ4v) is 0.871. The van der Waals surface area contributed by atoms with Gasteiger partial charge in [-0.2, -0.15) is 0 Å². The third-order valence-corrected chi connectivity index (χ3v) is 2.03. The molecule has 0 N–H and O–H groups in total. The number of methoxy groups -OCH3 is 1. The van der Waals surface area contributed by atoms with Crippen LogP contribution in [0.2, 0.25) is 0 Å². The van der Waals surface area contributed by atoms with Crippen LogP contribution in [0.15, 0.2) is 0 Å². The van der Waals surface area contributed by atoms with E-state index in [9.17, 15) is 4.79 Å². The Morgan fingerprint density at radius 1 is 1.31 bits per heavy atom. The number of hydrogen-bond donors (Lipinski definition) is 0. The summed E-state index contributed by atoms with van der Waals surface area (Å²) in [5, 5.41) is 0. The van der Waals surface area contributed by atoms with Crippen molar-refractivity contribution in [3.05, 3.63) is 0 Å². The van der Waals surface area contributed by atoms with Crippen molar-refractivity contribution >= 4 is 5.78 Å². The average Bonchev–Trinajstić information content (AvgIpc) is 2.10. The molecule has 0 heterocycles. The van der Waals surface area contributed by atoms with Gasteiger partial charge in [0.1, 0.15) is 5.78 Å². The number of carbonyl (C=O) groups excluding carboxylic acids is 1. The van der Waals surface area contributed by atoms with Crippen LogP contribution in [0, 0.1) is 5.92 Å².